The van der Waals surface area contributed by atoms with Gasteiger partial charge in [-0.1, -0.05) is 0 Å². The van der Waals surface area contributed by atoms with Crippen LogP contribution in [-0.4, -0.2) is 36.5 Å². The lowest BCUT2D eigenvalue weighted by Crippen LogP contribution is -2.41. The molecule has 1 atom stereocenters. The van der Waals surface area contributed by atoms with Gasteiger partial charge in [-0.25, -0.2) is 0 Å². The van der Waals surface area contributed by atoms with Gasteiger partial charge in [0.05, 0.1) is 0 Å². The van der Waals surface area contributed by atoms with Crippen LogP contribution in [0.5, 0.6) is 0 Å². The summed E-state index contributed by atoms with van der Waals surface area (Å²) >= 11 is 0. The number of likely N-dealkylation sites (tertiary alicyclic amines) is 1. The van der Waals surface area contributed by atoms with Gasteiger partial charge < -0.3 is 9.64 Å². The maximum Gasteiger partial charge on any atom is 0.125 e. The second-order valence-corrected chi connectivity index (χ2v) is 3.53. The number of amidine groups is 1. The number of nitrogens with zero attached hydrogens (tertiary/aromatic N) is 1. The summed E-state index contributed by atoms with van der Waals surface area (Å²) in [5.41, 5.74) is 0. The second-order valence-electron chi connectivity index (χ2n) is 3.53. The lowest BCUT2D eigenvalue weighted by molar-refractivity contribution is 0.109. The Morgan fingerprint density at radius 2 is 2.00 bits per heavy atom. The van der Waals surface area contributed by atoms with E-state index in [9.17, 15) is 0 Å². The van der Waals surface area contributed by atoms with Crippen molar-refractivity contribution in [2.45, 2.75) is 39.2 Å². The number of hydrogen-bond acceptors (Lipinski definition) is 2. The van der Waals surface area contributed by atoms with Crippen molar-refractivity contribution in [2.24, 2.45) is 0 Å². The molecule has 1 saturated heterocycles. The molecule has 76 valence electrons. The number of ether oxygens (including phenoxy) is 1. The summed E-state index contributed by atoms with van der Waals surface area (Å²) in [5, 5.41) is 7.89. The van der Waals surface area contributed by atoms with E-state index >= 15 is 0 Å². The summed E-state index contributed by atoms with van der Waals surface area (Å²) in [7, 11) is 0. The second kappa shape index (κ2) is 5.22. The van der Waals surface area contributed by atoms with Crippen LogP contribution < -0.4 is 0 Å². The molecule has 3 nitrogen and oxygen atoms in total. The van der Waals surface area contributed by atoms with Crippen LogP contribution in [0.25, 0.3) is 0 Å². The van der Waals surface area contributed by atoms with E-state index in [2.05, 4.69) is 4.90 Å². The van der Waals surface area contributed by atoms with Gasteiger partial charge in [0.15, 0.2) is 0 Å². The highest BCUT2D eigenvalue weighted by atomic mass is 16.5. The van der Waals surface area contributed by atoms with Gasteiger partial charge in [-0.05, 0) is 33.1 Å². The number of hydrogen-bond donors (Lipinski definition) is 1. The molecule has 13 heavy (non-hydrogen) atoms. The quantitative estimate of drug-likeness (QED) is 0.537. The van der Waals surface area contributed by atoms with Gasteiger partial charge in [0.2, 0.25) is 0 Å². The van der Waals surface area contributed by atoms with Crippen molar-refractivity contribution < 1.29 is 4.74 Å². The zero-order valence-corrected chi connectivity index (χ0v) is 8.68. The van der Waals surface area contributed by atoms with E-state index in [4.69, 9.17) is 10.1 Å². The highest BCUT2D eigenvalue weighted by Gasteiger charge is 2.18. The molecular formula is C10H20N2O. The normalized spacial score (nSPS) is 20.0. The highest BCUT2D eigenvalue weighted by molar-refractivity contribution is 5.83. The van der Waals surface area contributed by atoms with Crippen LogP contribution in [0.2, 0.25) is 0 Å². The van der Waals surface area contributed by atoms with Crippen LogP contribution >= 0.6 is 0 Å². The van der Waals surface area contributed by atoms with Crippen molar-refractivity contribution in [3.63, 3.8) is 0 Å². The van der Waals surface area contributed by atoms with Crippen molar-refractivity contribution in [1.82, 2.24) is 4.90 Å². The van der Waals surface area contributed by atoms with E-state index in [-0.39, 0.29) is 6.10 Å². The number of rotatable bonds is 3. The summed E-state index contributed by atoms with van der Waals surface area (Å²) in [6.45, 7) is 6.70. The Morgan fingerprint density at radius 1 is 1.38 bits per heavy atom. The molecule has 1 aliphatic heterocycles. The Labute approximate surface area is 80.6 Å². The van der Waals surface area contributed by atoms with Gasteiger partial charge >= 0.3 is 0 Å². The number of piperidine rings is 1. The van der Waals surface area contributed by atoms with E-state index in [1.165, 1.54) is 19.3 Å². The molecule has 0 aromatic heterocycles. The summed E-state index contributed by atoms with van der Waals surface area (Å²) in [5.74, 6) is 0.654. The van der Waals surface area contributed by atoms with Crippen LogP contribution in [0.4, 0.5) is 0 Å². The summed E-state index contributed by atoms with van der Waals surface area (Å²) < 4.78 is 5.39. The molecule has 0 radical (unpaired) electrons. The molecule has 1 fully saturated rings. The third-order valence-corrected chi connectivity index (χ3v) is 2.50. The van der Waals surface area contributed by atoms with Crippen LogP contribution in [0.3, 0.4) is 0 Å². The summed E-state index contributed by atoms with van der Waals surface area (Å²) in [4.78, 5) is 2.14. The Morgan fingerprint density at radius 3 is 2.54 bits per heavy atom. The van der Waals surface area contributed by atoms with E-state index < -0.39 is 0 Å². The maximum atomic E-state index is 7.89. The molecule has 3 heteroatoms. The van der Waals surface area contributed by atoms with E-state index in [1.807, 2.05) is 13.8 Å². The van der Waals surface area contributed by atoms with Gasteiger partial charge in [-0.3, -0.25) is 5.41 Å². The molecule has 0 saturated carbocycles. The smallest absolute Gasteiger partial charge is 0.125 e. The molecule has 0 bridgehead atoms. The first-order valence-electron chi connectivity index (χ1n) is 5.20. The summed E-state index contributed by atoms with van der Waals surface area (Å²) in [6.07, 6.45) is 3.72. The van der Waals surface area contributed by atoms with Crippen molar-refractivity contribution in [3.8, 4) is 0 Å². The van der Waals surface area contributed by atoms with Gasteiger partial charge in [0.25, 0.3) is 0 Å². The minimum atomic E-state index is -0.0388. The fourth-order valence-electron chi connectivity index (χ4n) is 1.72. The SMILES string of the molecule is CCOC(C)C(=N)N1CCCCC1. The molecule has 1 rings (SSSR count). The lowest BCUT2D eigenvalue weighted by Gasteiger charge is -2.31. The third-order valence-electron chi connectivity index (χ3n) is 2.50. The largest absolute Gasteiger partial charge is 0.371 e. The van der Waals surface area contributed by atoms with Crippen molar-refractivity contribution in [2.75, 3.05) is 19.7 Å². The summed E-state index contributed by atoms with van der Waals surface area (Å²) in [6, 6.07) is 0. The molecule has 0 aliphatic carbocycles. The average molecular weight is 184 g/mol. The first-order valence-corrected chi connectivity index (χ1v) is 5.20. The molecule has 1 aliphatic rings. The fraction of sp³-hybridized carbons (Fsp3) is 0.900. The van der Waals surface area contributed by atoms with Crippen LogP contribution in [0.15, 0.2) is 0 Å². The fourth-order valence-corrected chi connectivity index (χ4v) is 1.72. The minimum absolute atomic E-state index is 0.0388. The molecule has 1 heterocycles. The van der Waals surface area contributed by atoms with Gasteiger partial charge in [0.1, 0.15) is 11.9 Å². The first-order chi connectivity index (χ1) is 6.25. The monoisotopic (exact) mass is 184 g/mol. The standard InChI is InChI=1S/C10H20N2O/c1-3-13-9(2)10(11)12-7-5-4-6-8-12/h9,11H,3-8H2,1-2H3. The zero-order chi connectivity index (χ0) is 9.68. The highest BCUT2D eigenvalue weighted by Crippen LogP contribution is 2.11. The Balaban J connectivity index is 2.36. The zero-order valence-electron chi connectivity index (χ0n) is 8.68. The first kappa shape index (κ1) is 10.5. The molecule has 1 unspecified atom stereocenters. The van der Waals surface area contributed by atoms with E-state index in [0.717, 1.165) is 13.1 Å². The van der Waals surface area contributed by atoms with Gasteiger partial charge in [-0.15, -0.1) is 0 Å². The van der Waals surface area contributed by atoms with Crippen molar-refractivity contribution >= 4 is 5.84 Å². The predicted molar refractivity (Wildman–Crippen MR) is 54.2 cm³/mol. The maximum absolute atomic E-state index is 7.89. The Hall–Kier alpha value is -0.570. The molecule has 0 amide bonds. The average Bonchev–Trinajstić information content (AvgIpc) is 2.18. The molecule has 1 N–H and O–H groups in total. The topological polar surface area (TPSA) is 36.3 Å². The van der Waals surface area contributed by atoms with Crippen LogP contribution in [0, 0.1) is 5.41 Å². The van der Waals surface area contributed by atoms with Crippen LogP contribution in [-0.2, 0) is 4.74 Å². The van der Waals surface area contributed by atoms with Crippen LogP contribution in [0.1, 0.15) is 33.1 Å². The molecule has 0 spiro atoms. The van der Waals surface area contributed by atoms with Crippen molar-refractivity contribution in [3.05, 3.63) is 0 Å². The minimum Gasteiger partial charge on any atom is -0.371 e. The molecule has 0 aromatic carbocycles. The van der Waals surface area contributed by atoms with Gasteiger partial charge in [-0.2, -0.15) is 0 Å². The van der Waals surface area contributed by atoms with Crippen molar-refractivity contribution in [1.29, 1.82) is 5.41 Å². The van der Waals surface area contributed by atoms with E-state index in [0.29, 0.717) is 12.4 Å². The third kappa shape index (κ3) is 2.99. The van der Waals surface area contributed by atoms with Gasteiger partial charge in [0, 0.05) is 19.7 Å². The molecular weight excluding hydrogens is 164 g/mol. The van der Waals surface area contributed by atoms with E-state index in [1.54, 1.807) is 0 Å². The Bertz CT molecular complexity index is 164. The molecule has 0 aromatic rings. The number of nitrogens with one attached hydrogen (secondary N) is 1. The predicted octanol–water partition coefficient (Wildman–Crippen LogP) is 1.87. The lowest BCUT2D eigenvalue weighted by atomic mass is 10.1. The Kier molecular flexibility index (Phi) is 4.22.